The Bertz CT molecular complexity index is 307. The van der Waals surface area contributed by atoms with Crippen molar-refractivity contribution in [2.45, 2.75) is 6.54 Å². The molecule has 0 atom stereocenters. The summed E-state index contributed by atoms with van der Waals surface area (Å²) in [7, 11) is 2.93. The van der Waals surface area contributed by atoms with Crippen molar-refractivity contribution in [1.82, 2.24) is 5.32 Å². The van der Waals surface area contributed by atoms with Crippen molar-refractivity contribution in [3.63, 3.8) is 0 Å². The molecule has 1 rings (SSSR count). The van der Waals surface area contributed by atoms with E-state index in [2.05, 4.69) is 10.1 Å². The summed E-state index contributed by atoms with van der Waals surface area (Å²) in [4.78, 5) is 0. The second-order valence-corrected chi connectivity index (χ2v) is 2.58. The summed E-state index contributed by atoms with van der Waals surface area (Å²) in [6, 6.07) is 2.58. The number of nitrogens with one attached hydrogen (secondary N) is 1. The minimum atomic E-state index is -0.681. The van der Waals surface area contributed by atoms with E-state index in [1.165, 1.54) is 19.2 Å². The predicted molar refractivity (Wildman–Crippen MR) is 52.9 cm³/mol. The van der Waals surface area contributed by atoms with Gasteiger partial charge in [0.05, 0.1) is 7.11 Å². The molecule has 0 fully saturated rings. The van der Waals surface area contributed by atoms with Crippen molar-refractivity contribution in [2.24, 2.45) is 0 Å². The first-order valence-electron chi connectivity index (χ1n) is 3.86. The smallest absolute Gasteiger partial charge is 0.190 e. The number of hydrogen-bond donors (Lipinski definition) is 1. The van der Waals surface area contributed by atoms with Gasteiger partial charge in [-0.3, -0.25) is 0 Å². The van der Waals surface area contributed by atoms with Crippen LogP contribution in [0.1, 0.15) is 5.56 Å². The fraction of sp³-hybridized carbons (Fsp3) is 0.333. The average Bonchev–Trinajstić information content (AvgIpc) is 2.11. The van der Waals surface area contributed by atoms with Crippen molar-refractivity contribution in [2.75, 3.05) is 14.2 Å². The van der Waals surface area contributed by atoms with Crippen LogP contribution in [0.3, 0.4) is 0 Å². The number of ether oxygens (including phenoxy) is 1. The van der Waals surface area contributed by atoms with E-state index in [-0.39, 0.29) is 18.2 Å². The molecule has 0 amide bonds. The third kappa shape index (κ3) is 2.56. The first-order chi connectivity index (χ1) is 6.20. The Morgan fingerprint density at radius 2 is 2.00 bits per heavy atom. The fourth-order valence-electron chi connectivity index (χ4n) is 1.09. The minimum absolute atomic E-state index is 0. The van der Waals surface area contributed by atoms with Gasteiger partial charge in [-0.2, -0.15) is 0 Å². The van der Waals surface area contributed by atoms with Gasteiger partial charge in [0.2, 0.25) is 0 Å². The van der Waals surface area contributed by atoms with Gasteiger partial charge in [0.15, 0.2) is 17.4 Å². The number of benzene rings is 1. The van der Waals surface area contributed by atoms with Crippen LogP contribution in [0.15, 0.2) is 12.1 Å². The minimum Gasteiger partial charge on any atom is -0.491 e. The van der Waals surface area contributed by atoms with Gasteiger partial charge in [0.25, 0.3) is 0 Å². The zero-order valence-electron chi connectivity index (χ0n) is 7.93. The van der Waals surface area contributed by atoms with E-state index in [0.29, 0.717) is 12.1 Å². The Hall–Kier alpha value is -0.870. The lowest BCUT2D eigenvalue weighted by Crippen LogP contribution is -2.08. The second-order valence-electron chi connectivity index (χ2n) is 2.58. The standard InChI is InChI=1S/C9H11F2NO.ClH/c1-12-5-6-3-4-7(10)9(13-2)8(6)11;/h3-4,12H,5H2,1-2H3;1H. The molecule has 0 aromatic heterocycles. The Morgan fingerprint density at radius 3 is 2.50 bits per heavy atom. The van der Waals surface area contributed by atoms with Gasteiger partial charge in [-0.15, -0.1) is 12.4 Å². The summed E-state index contributed by atoms with van der Waals surface area (Å²) in [5.41, 5.74) is 0.390. The fourth-order valence-corrected chi connectivity index (χ4v) is 1.09. The number of rotatable bonds is 3. The van der Waals surface area contributed by atoms with E-state index in [1.807, 2.05) is 0 Å². The third-order valence-corrected chi connectivity index (χ3v) is 1.70. The van der Waals surface area contributed by atoms with E-state index in [4.69, 9.17) is 0 Å². The van der Waals surface area contributed by atoms with Crippen LogP contribution in [0.2, 0.25) is 0 Å². The van der Waals surface area contributed by atoms with E-state index >= 15 is 0 Å². The molecule has 0 aliphatic carbocycles. The van der Waals surface area contributed by atoms with Crippen LogP contribution < -0.4 is 10.1 Å². The van der Waals surface area contributed by atoms with Crippen molar-refractivity contribution in [3.05, 3.63) is 29.3 Å². The number of methoxy groups -OCH3 is 1. The molecule has 1 N–H and O–H groups in total. The van der Waals surface area contributed by atoms with Gasteiger partial charge >= 0.3 is 0 Å². The van der Waals surface area contributed by atoms with Crippen LogP contribution in [0, 0.1) is 11.6 Å². The van der Waals surface area contributed by atoms with Gasteiger partial charge in [0.1, 0.15) is 0 Å². The molecule has 0 unspecified atom stereocenters. The maximum Gasteiger partial charge on any atom is 0.190 e. The normalized spacial score (nSPS) is 9.43. The van der Waals surface area contributed by atoms with Gasteiger partial charge in [0, 0.05) is 12.1 Å². The molecule has 1 aromatic carbocycles. The predicted octanol–water partition coefficient (Wildman–Crippen LogP) is 2.11. The van der Waals surface area contributed by atoms with Crippen molar-refractivity contribution in [3.8, 4) is 5.75 Å². The molecule has 1 aromatic rings. The summed E-state index contributed by atoms with van der Waals surface area (Å²) in [5, 5.41) is 2.78. The molecule has 5 heteroatoms. The zero-order chi connectivity index (χ0) is 9.84. The lowest BCUT2D eigenvalue weighted by molar-refractivity contribution is 0.357. The molecule has 2 nitrogen and oxygen atoms in total. The highest BCUT2D eigenvalue weighted by atomic mass is 35.5. The summed E-state index contributed by atoms with van der Waals surface area (Å²) in [6.45, 7) is 0.350. The molecule has 0 bridgehead atoms. The van der Waals surface area contributed by atoms with Crippen LogP contribution in [-0.2, 0) is 6.54 Å². The topological polar surface area (TPSA) is 21.3 Å². The maximum absolute atomic E-state index is 13.3. The summed E-state index contributed by atoms with van der Waals surface area (Å²) < 4.78 is 30.8. The quantitative estimate of drug-likeness (QED) is 0.848. The number of hydrogen-bond acceptors (Lipinski definition) is 2. The Labute approximate surface area is 87.7 Å². The third-order valence-electron chi connectivity index (χ3n) is 1.70. The molecule has 0 spiro atoms. The number of halogens is 3. The molecular formula is C9H12ClF2NO. The Morgan fingerprint density at radius 1 is 1.36 bits per heavy atom. The summed E-state index contributed by atoms with van der Waals surface area (Å²) in [5.74, 6) is -1.65. The van der Waals surface area contributed by atoms with Gasteiger partial charge < -0.3 is 10.1 Å². The van der Waals surface area contributed by atoms with Gasteiger partial charge in [-0.25, -0.2) is 8.78 Å². The molecule has 80 valence electrons. The second kappa shape index (κ2) is 5.78. The molecular weight excluding hydrogens is 212 g/mol. The van der Waals surface area contributed by atoms with Gasteiger partial charge in [-0.1, -0.05) is 6.07 Å². The van der Waals surface area contributed by atoms with E-state index in [0.717, 1.165) is 0 Å². The SMILES string of the molecule is CNCc1ccc(F)c(OC)c1F.Cl. The maximum atomic E-state index is 13.3. The highest BCUT2D eigenvalue weighted by Gasteiger charge is 2.12. The zero-order valence-corrected chi connectivity index (χ0v) is 8.75. The molecule has 0 aliphatic rings. The highest BCUT2D eigenvalue weighted by Crippen LogP contribution is 2.23. The van der Waals surface area contributed by atoms with Crippen molar-refractivity contribution >= 4 is 12.4 Å². The lowest BCUT2D eigenvalue weighted by atomic mass is 10.2. The Balaban J connectivity index is 0.00000169. The van der Waals surface area contributed by atoms with E-state index in [1.54, 1.807) is 7.05 Å². The highest BCUT2D eigenvalue weighted by molar-refractivity contribution is 5.85. The summed E-state index contributed by atoms with van der Waals surface area (Å²) >= 11 is 0. The van der Waals surface area contributed by atoms with Crippen LogP contribution in [0.4, 0.5) is 8.78 Å². The molecule has 0 heterocycles. The van der Waals surface area contributed by atoms with Crippen LogP contribution in [0.5, 0.6) is 5.75 Å². The molecule has 0 aliphatic heterocycles. The molecule has 0 saturated carbocycles. The van der Waals surface area contributed by atoms with Crippen LogP contribution >= 0.6 is 12.4 Å². The first kappa shape index (κ1) is 13.1. The van der Waals surface area contributed by atoms with Crippen LogP contribution in [-0.4, -0.2) is 14.2 Å². The van der Waals surface area contributed by atoms with E-state index < -0.39 is 11.6 Å². The van der Waals surface area contributed by atoms with Crippen molar-refractivity contribution in [1.29, 1.82) is 0 Å². The van der Waals surface area contributed by atoms with Crippen LogP contribution in [0.25, 0.3) is 0 Å². The average molecular weight is 224 g/mol. The van der Waals surface area contributed by atoms with Gasteiger partial charge in [-0.05, 0) is 13.1 Å². The van der Waals surface area contributed by atoms with E-state index in [9.17, 15) is 8.78 Å². The first-order valence-corrected chi connectivity index (χ1v) is 3.86. The summed E-state index contributed by atoms with van der Waals surface area (Å²) in [6.07, 6.45) is 0. The largest absolute Gasteiger partial charge is 0.491 e. The Kier molecular flexibility index (Phi) is 5.42. The molecule has 14 heavy (non-hydrogen) atoms. The lowest BCUT2D eigenvalue weighted by Gasteiger charge is -2.07. The monoisotopic (exact) mass is 223 g/mol. The molecule has 0 radical (unpaired) electrons. The van der Waals surface area contributed by atoms with Crippen molar-refractivity contribution < 1.29 is 13.5 Å². The molecule has 0 saturated heterocycles.